The van der Waals surface area contributed by atoms with Crippen molar-refractivity contribution in [3.63, 3.8) is 0 Å². The van der Waals surface area contributed by atoms with Crippen LogP contribution in [0.3, 0.4) is 0 Å². The Morgan fingerprint density at radius 2 is 1.72 bits per heavy atom. The molecule has 2 heterocycles. The lowest BCUT2D eigenvalue weighted by molar-refractivity contribution is -0.135. The van der Waals surface area contributed by atoms with Gasteiger partial charge < -0.3 is 4.74 Å². The molecule has 1 aliphatic rings. The van der Waals surface area contributed by atoms with E-state index in [0.29, 0.717) is 0 Å². The third-order valence-electron chi connectivity index (χ3n) is 4.20. The van der Waals surface area contributed by atoms with Crippen molar-refractivity contribution < 1.29 is 13.9 Å². The topological polar surface area (TPSA) is 42.4 Å². The Morgan fingerprint density at radius 1 is 0.960 bits per heavy atom. The fraction of sp³-hybridized carbons (Fsp3) is 0.100. The van der Waals surface area contributed by atoms with Crippen LogP contribution in [-0.2, 0) is 4.79 Å². The lowest BCUT2D eigenvalue weighted by atomic mass is 9.90. The van der Waals surface area contributed by atoms with Gasteiger partial charge in [-0.1, -0.05) is 36.4 Å². The maximum Gasteiger partial charge on any atom is 0.271 e. The molecule has 1 fully saturated rings. The van der Waals surface area contributed by atoms with Crippen LogP contribution >= 0.6 is 0 Å². The average Bonchev–Trinajstić information content (AvgIpc) is 2.66. The number of ether oxygens (including phenoxy) is 1. The maximum absolute atomic E-state index is 13.9. The molecule has 0 N–H and O–H groups in total. The third-order valence-corrected chi connectivity index (χ3v) is 4.20. The second kappa shape index (κ2) is 6.36. The summed E-state index contributed by atoms with van der Waals surface area (Å²) in [6.45, 7) is 0. The van der Waals surface area contributed by atoms with Crippen molar-refractivity contribution in [3.8, 4) is 5.75 Å². The van der Waals surface area contributed by atoms with Crippen LogP contribution in [0.15, 0.2) is 79.1 Å². The van der Waals surface area contributed by atoms with E-state index in [4.69, 9.17) is 4.74 Å². The van der Waals surface area contributed by atoms with E-state index in [2.05, 4.69) is 4.98 Å². The molecule has 3 aromatic rings. The summed E-state index contributed by atoms with van der Waals surface area (Å²) in [5, 5.41) is 0. The molecule has 1 aromatic heterocycles. The number of β-lactam (4-membered cyclic amide) rings is 1. The number of carbonyl (C=O) groups excluding carboxylic acids is 1. The summed E-state index contributed by atoms with van der Waals surface area (Å²) in [4.78, 5) is 18.5. The number of para-hydroxylation sites is 2. The van der Waals surface area contributed by atoms with E-state index in [0.717, 1.165) is 11.3 Å². The number of rotatable bonds is 4. The number of nitrogens with zero attached hydrogens (tertiary/aromatic N) is 2. The SMILES string of the molecule is O=C1[C@@H](Oc2ccccc2F)[C@H](c2cccnc2)N1c1ccccc1. The standard InChI is InChI=1S/C20H15FN2O2/c21-16-10-4-5-11-17(16)25-19-18(14-7-6-12-22-13-14)23(20(19)24)15-8-2-1-3-9-15/h1-13,18-19H/t18-,19-/m0/s1. The Hall–Kier alpha value is -3.21. The summed E-state index contributed by atoms with van der Waals surface area (Å²) >= 11 is 0. The highest BCUT2D eigenvalue weighted by molar-refractivity contribution is 6.05. The number of halogens is 1. The summed E-state index contributed by atoms with van der Waals surface area (Å²) in [6.07, 6.45) is 2.58. The van der Waals surface area contributed by atoms with Crippen molar-refractivity contribution in [2.24, 2.45) is 0 Å². The summed E-state index contributed by atoms with van der Waals surface area (Å²) in [5.74, 6) is -0.621. The van der Waals surface area contributed by atoms with Crippen molar-refractivity contribution in [1.29, 1.82) is 0 Å². The molecule has 0 spiro atoms. The lowest BCUT2D eigenvalue weighted by Crippen LogP contribution is -2.61. The molecule has 0 aliphatic carbocycles. The molecule has 25 heavy (non-hydrogen) atoms. The van der Waals surface area contributed by atoms with E-state index in [1.165, 1.54) is 12.1 Å². The first-order valence-electron chi connectivity index (χ1n) is 7.95. The number of carbonyl (C=O) groups is 1. The zero-order valence-electron chi connectivity index (χ0n) is 13.2. The molecule has 2 aromatic carbocycles. The molecule has 4 nitrogen and oxygen atoms in total. The second-order valence-electron chi connectivity index (χ2n) is 5.74. The Balaban J connectivity index is 1.69. The maximum atomic E-state index is 13.9. The Labute approximate surface area is 144 Å². The van der Waals surface area contributed by atoms with Crippen LogP contribution < -0.4 is 9.64 Å². The average molecular weight is 334 g/mol. The van der Waals surface area contributed by atoms with Crippen molar-refractivity contribution in [1.82, 2.24) is 4.98 Å². The van der Waals surface area contributed by atoms with Crippen LogP contribution in [0.1, 0.15) is 11.6 Å². The normalized spacial score (nSPS) is 19.4. The first-order valence-corrected chi connectivity index (χ1v) is 7.95. The molecule has 0 bridgehead atoms. The van der Waals surface area contributed by atoms with Gasteiger partial charge in [-0.25, -0.2) is 4.39 Å². The van der Waals surface area contributed by atoms with Crippen LogP contribution in [0.2, 0.25) is 0 Å². The third kappa shape index (κ3) is 2.74. The van der Waals surface area contributed by atoms with Crippen LogP contribution in [0.25, 0.3) is 0 Å². The molecule has 0 radical (unpaired) electrons. The predicted octanol–water partition coefficient (Wildman–Crippen LogP) is 3.76. The molecule has 5 heteroatoms. The summed E-state index contributed by atoms with van der Waals surface area (Å²) in [5.41, 5.74) is 1.61. The van der Waals surface area contributed by atoms with Gasteiger partial charge in [0.15, 0.2) is 11.6 Å². The van der Waals surface area contributed by atoms with Gasteiger partial charge in [0.2, 0.25) is 6.10 Å². The summed E-state index contributed by atoms with van der Waals surface area (Å²) in [7, 11) is 0. The molecular formula is C20H15FN2O2. The number of aromatic nitrogens is 1. The van der Waals surface area contributed by atoms with Gasteiger partial charge in [-0.2, -0.15) is 0 Å². The van der Waals surface area contributed by atoms with Crippen LogP contribution in [-0.4, -0.2) is 17.0 Å². The minimum Gasteiger partial charge on any atom is -0.475 e. The molecule has 4 rings (SSSR count). The minimum absolute atomic E-state index is 0.0717. The molecule has 124 valence electrons. The smallest absolute Gasteiger partial charge is 0.271 e. The van der Waals surface area contributed by atoms with Crippen molar-refractivity contribution >= 4 is 11.6 Å². The largest absolute Gasteiger partial charge is 0.475 e. The monoisotopic (exact) mass is 334 g/mol. The van der Waals surface area contributed by atoms with Gasteiger partial charge in [-0.05, 0) is 35.9 Å². The van der Waals surface area contributed by atoms with E-state index in [-0.39, 0.29) is 17.7 Å². The molecular weight excluding hydrogens is 319 g/mol. The fourth-order valence-corrected chi connectivity index (χ4v) is 3.01. The van der Waals surface area contributed by atoms with Crippen LogP contribution in [0.4, 0.5) is 10.1 Å². The van der Waals surface area contributed by atoms with Crippen LogP contribution in [0.5, 0.6) is 5.75 Å². The molecule has 0 unspecified atom stereocenters. The fourth-order valence-electron chi connectivity index (χ4n) is 3.01. The summed E-state index contributed by atoms with van der Waals surface area (Å²) in [6, 6.07) is 18.8. The molecule has 1 amide bonds. The Bertz CT molecular complexity index is 886. The molecule has 2 atom stereocenters. The molecule has 1 aliphatic heterocycles. The number of benzene rings is 2. The van der Waals surface area contributed by atoms with E-state index >= 15 is 0 Å². The minimum atomic E-state index is -0.790. The number of amides is 1. The van der Waals surface area contributed by atoms with Gasteiger partial charge >= 0.3 is 0 Å². The predicted molar refractivity (Wildman–Crippen MR) is 91.7 cm³/mol. The van der Waals surface area contributed by atoms with Gasteiger partial charge in [0, 0.05) is 18.1 Å². The summed E-state index contributed by atoms with van der Waals surface area (Å²) < 4.78 is 19.6. The van der Waals surface area contributed by atoms with E-state index in [1.54, 1.807) is 29.4 Å². The number of hydrogen-bond donors (Lipinski definition) is 0. The quantitative estimate of drug-likeness (QED) is 0.682. The Kier molecular flexibility index (Phi) is 3.90. The highest BCUT2D eigenvalue weighted by atomic mass is 19.1. The number of anilines is 1. The van der Waals surface area contributed by atoms with E-state index in [1.807, 2.05) is 42.5 Å². The zero-order chi connectivity index (χ0) is 17.2. The van der Waals surface area contributed by atoms with Gasteiger partial charge in [0.1, 0.15) is 6.04 Å². The highest BCUT2D eigenvalue weighted by Gasteiger charge is 2.51. The second-order valence-corrected chi connectivity index (χ2v) is 5.74. The lowest BCUT2D eigenvalue weighted by Gasteiger charge is -2.46. The van der Waals surface area contributed by atoms with Crippen LogP contribution in [0, 0.1) is 5.82 Å². The van der Waals surface area contributed by atoms with E-state index < -0.39 is 11.9 Å². The van der Waals surface area contributed by atoms with Gasteiger partial charge in [0.25, 0.3) is 5.91 Å². The Morgan fingerprint density at radius 3 is 2.44 bits per heavy atom. The van der Waals surface area contributed by atoms with Crippen molar-refractivity contribution in [2.45, 2.75) is 12.1 Å². The molecule has 0 saturated carbocycles. The highest BCUT2D eigenvalue weighted by Crippen LogP contribution is 2.41. The van der Waals surface area contributed by atoms with Crippen molar-refractivity contribution in [3.05, 3.63) is 90.5 Å². The first kappa shape index (κ1) is 15.3. The van der Waals surface area contributed by atoms with E-state index in [9.17, 15) is 9.18 Å². The van der Waals surface area contributed by atoms with Gasteiger partial charge in [0.05, 0.1) is 0 Å². The number of pyridine rings is 1. The molecule has 1 saturated heterocycles. The van der Waals surface area contributed by atoms with Crippen molar-refractivity contribution in [2.75, 3.05) is 4.90 Å². The van der Waals surface area contributed by atoms with Gasteiger partial charge in [-0.15, -0.1) is 0 Å². The zero-order valence-corrected chi connectivity index (χ0v) is 13.2. The first-order chi connectivity index (χ1) is 12.3. The van der Waals surface area contributed by atoms with Gasteiger partial charge in [-0.3, -0.25) is 14.7 Å². The number of hydrogen-bond acceptors (Lipinski definition) is 3.